The molecule has 0 spiro atoms. The molecule has 0 N–H and O–H groups in total. The van der Waals surface area contributed by atoms with Crippen LogP contribution < -0.4 is 9.79 Å². The lowest BCUT2D eigenvalue weighted by atomic mass is 10.1. The predicted molar refractivity (Wildman–Crippen MR) is 118 cm³/mol. The predicted octanol–water partition coefficient (Wildman–Crippen LogP) is 4.53. The molecule has 0 saturated carbocycles. The largest absolute Gasteiger partial charge is 0.652 e. The first-order valence-electron chi connectivity index (χ1n) is 9.36. The molecule has 27 heavy (non-hydrogen) atoms. The number of hydrogen-bond donors (Lipinski definition) is 0. The van der Waals surface area contributed by atoms with Crippen molar-refractivity contribution in [2.45, 2.75) is 105 Å². The van der Waals surface area contributed by atoms with Crippen molar-refractivity contribution in [3.8, 4) is 0 Å². The highest BCUT2D eigenvalue weighted by Gasteiger charge is 2.67. The standard InChI is InChI=1S/C16H38N4O3P4/c1-13(2,3)17-24(21)18(14(4,5)6)26(17)23-27-19(15(7,8)9)25(22)20(27)16(10,11)12/h24-25H,1-12H3. The quantitative estimate of drug-likeness (QED) is 0.564. The third-order valence-corrected chi connectivity index (χ3v) is 17.3. The molecule has 0 atom stereocenters. The minimum absolute atomic E-state index is 0.242. The molecule has 2 rings (SSSR count). The van der Waals surface area contributed by atoms with Gasteiger partial charge in [-0.15, -0.1) is 17.8 Å². The van der Waals surface area contributed by atoms with Crippen LogP contribution >= 0.6 is 33.8 Å². The summed E-state index contributed by atoms with van der Waals surface area (Å²) in [5, 5.41) is 0. The van der Waals surface area contributed by atoms with Crippen LogP contribution in [-0.2, 0) is 4.31 Å². The average Bonchev–Trinajstić information content (AvgIpc) is 2.28. The van der Waals surface area contributed by atoms with Crippen LogP contribution in [-0.4, -0.2) is 39.9 Å². The van der Waals surface area contributed by atoms with Crippen LogP contribution in [0.4, 0.5) is 0 Å². The molecular formula is C16H38N4O3P4. The summed E-state index contributed by atoms with van der Waals surface area (Å²) in [6.07, 6.45) is 0. The highest BCUT2D eigenvalue weighted by molar-refractivity contribution is 7.84. The normalized spacial score (nSPS) is 33.1. The highest BCUT2D eigenvalue weighted by Crippen LogP contribution is 2.87. The van der Waals surface area contributed by atoms with Crippen molar-refractivity contribution in [3.63, 3.8) is 0 Å². The monoisotopic (exact) mass is 458 g/mol. The molecule has 0 unspecified atom stereocenters. The molecule has 2 aliphatic heterocycles. The van der Waals surface area contributed by atoms with Crippen molar-refractivity contribution in [2.24, 2.45) is 0 Å². The lowest BCUT2D eigenvalue weighted by Gasteiger charge is -2.63. The van der Waals surface area contributed by atoms with E-state index in [4.69, 9.17) is 4.31 Å². The van der Waals surface area contributed by atoms with E-state index in [1.54, 1.807) is 0 Å². The maximum Gasteiger partial charge on any atom is 0.265 e. The van der Waals surface area contributed by atoms with Gasteiger partial charge in [0, 0.05) is 0 Å². The Balaban J connectivity index is 2.36. The third kappa shape index (κ3) is 4.70. The maximum atomic E-state index is 13.1. The van der Waals surface area contributed by atoms with Gasteiger partial charge in [-0.3, -0.25) is 4.31 Å². The van der Waals surface area contributed by atoms with Gasteiger partial charge in [0.25, 0.3) is 16.9 Å². The second-order valence-corrected chi connectivity index (χ2v) is 18.8. The van der Waals surface area contributed by atoms with E-state index in [1.165, 1.54) is 0 Å². The molecule has 0 bridgehead atoms. The minimum Gasteiger partial charge on any atom is -0.652 e. The molecule has 2 saturated heterocycles. The molecule has 7 nitrogen and oxygen atoms in total. The first kappa shape index (κ1) is 24.7. The van der Waals surface area contributed by atoms with Gasteiger partial charge in [-0.05, 0) is 83.1 Å². The molecule has 2 fully saturated rings. The van der Waals surface area contributed by atoms with Crippen molar-refractivity contribution in [1.29, 1.82) is 0 Å². The van der Waals surface area contributed by atoms with E-state index in [1.807, 2.05) is 17.8 Å². The second kappa shape index (κ2) is 7.54. The van der Waals surface area contributed by atoms with Crippen LogP contribution in [0.1, 0.15) is 83.1 Å². The van der Waals surface area contributed by atoms with Gasteiger partial charge in [0.15, 0.2) is 0 Å². The Morgan fingerprint density at radius 3 is 0.852 bits per heavy atom. The van der Waals surface area contributed by atoms with Crippen molar-refractivity contribution >= 4 is 33.8 Å². The van der Waals surface area contributed by atoms with Crippen LogP contribution in [0.15, 0.2) is 0 Å². The zero-order chi connectivity index (χ0) is 21.3. The summed E-state index contributed by atoms with van der Waals surface area (Å²) in [6, 6.07) is 0. The molecule has 0 radical (unpaired) electrons. The molecule has 0 aromatic carbocycles. The lowest BCUT2D eigenvalue weighted by Crippen LogP contribution is -2.58. The fourth-order valence-electron chi connectivity index (χ4n) is 2.96. The molecule has 2 heterocycles. The Morgan fingerprint density at radius 2 is 0.704 bits per heavy atom. The van der Waals surface area contributed by atoms with Crippen LogP contribution in [0, 0.1) is 0 Å². The van der Waals surface area contributed by atoms with Gasteiger partial charge in [-0.1, -0.05) is 0 Å². The molecule has 0 aromatic heterocycles. The summed E-state index contributed by atoms with van der Waals surface area (Å²) < 4.78 is 14.9. The van der Waals surface area contributed by atoms with Crippen LogP contribution in [0.25, 0.3) is 0 Å². The topological polar surface area (TPSA) is 68.3 Å². The second-order valence-electron chi connectivity index (χ2n) is 11.1. The van der Waals surface area contributed by atoms with Crippen LogP contribution in [0.2, 0.25) is 0 Å². The Morgan fingerprint density at radius 1 is 0.519 bits per heavy atom. The molecule has 2 aliphatic rings. The third-order valence-electron chi connectivity index (χ3n) is 4.10. The van der Waals surface area contributed by atoms with Gasteiger partial charge in [0.2, 0.25) is 0 Å². The van der Waals surface area contributed by atoms with Crippen molar-refractivity contribution in [2.75, 3.05) is 0 Å². The molecule has 11 heteroatoms. The van der Waals surface area contributed by atoms with Crippen LogP contribution in [0.5, 0.6) is 0 Å². The Kier molecular flexibility index (Phi) is 6.90. The van der Waals surface area contributed by atoms with E-state index in [9.17, 15) is 9.79 Å². The van der Waals surface area contributed by atoms with Gasteiger partial charge < -0.3 is 9.79 Å². The smallest absolute Gasteiger partial charge is 0.265 e. The zero-order valence-electron chi connectivity index (χ0n) is 18.9. The first-order chi connectivity index (χ1) is 11.8. The summed E-state index contributed by atoms with van der Waals surface area (Å²) in [6.45, 7) is 24.9. The molecular weight excluding hydrogens is 420 g/mol. The molecule has 0 amide bonds. The average molecular weight is 458 g/mol. The van der Waals surface area contributed by atoms with E-state index in [2.05, 4.69) is 83.1 Å². The van der Waals surface area contributed by atoms with Gasteiger partial charge >= 0.3 is 0 Å². The Hall–Kier alpha value is 1.44. The minimum atomic E-state index is -2.06. The van der Waals surface area contributed by atoms with Crippen molar-refractivity contribution in [1.82, 2.24) is 17.8 Å². The zero-order valence-corrected chi connectivity index (χ0v) is 22.7. The van der Waals surface area contributed by atoms with E-state index in [0.29, 0.717) is 0 Å². The Labute approximate surface area is 171 Å². The summed E-state index contributed by atoms with van der Waals surface area (Å²) >= 11 is 0. The van der Waals surface area contributed by atoms with Gasteiger partial charge in [-0.25, -0.2) is 0 Å². The van der Waals surface area contributed by atoms with E-state index < -0.39 is 33.8 Å². The first-order valence-corrected chi connectivity index (χ1v) is 14.3. The van der Waals surface area contributed by atoms with Gasteiger partial charge in [0.1, 0.15) is 16.9 Å². The van der Waals surface area contributed by atoms with E-state index in [-0.39, 0.29) is 22.2 Å². The SMILES string of the molecule is CC(C)(C)N1P(OP2N(C(C)(C)C)[PH+]([O-])N2C(C)(C)C)N(C(C)(C)C)[PH+]1[O-]. The highest BCUT2D eigenvalue weighted by atomic mass is 31.3. The van der Waals surface area contributed by atoms with Gasteiger partial charge in [0.05, 0.1) is 22.2 Å². The van der Waals surface area contributed by atoms with E-state index >= 15 is 0 Å². The summed E-state index contributed by atoms with van der Waals surface area (Å²) in [7, 11) is -6.47. The fraction of sp³-hybridized carbons (Fsp3) is 1.00. The molecule has 160 valence electrons. The summed E-state index contributed by atoms with van der Waals surface area (Å²) in [5.74, 6) is 0. The fourth-order valence-corrected chi connectivity index (χ4v) is 14.4. The lowest BCUT2D eigenvalue weighted by molar-refractivity contribution is -0.186. The van der Waals surface area contributed by atoms with Crippen LogP contribution in [0.3, 0.4) is 0 Å². The molecule has 0 aliphatic carbocycles. The molecule has 0 aromatic rings. The maximum absolute atomic E-state index is 13.1. The summed E-state index contributed by atoms with van der Waals surface area (Å²) in [5.41, 5.74) is -0.968. The van der Waals surface area contributed by atoms with Crippen molar-refractivity contribution < 1.29 is 14.1 Å². The number of nitrogens with zero attached hydrogens (tertiary/aromatic N) is 4. The number of rotatable bonds is 2. The number of hydrogen-bond acceptors (Lipinski definition) is 7. The van der Waals surface area contributed by atoms with E-state index in [0.717, 1.165) is 0 Å². The Bertz CT molecular complexity index is 464. The van der Waals surface area contributed by atoms with Gasteiger partial charge in [-0.2, -0.15) is 0 Å². The summed E-state index contributed by atoms with van der Waals surface area (Å²) in [4.78, 5) is 26.1. The van der Waals surface area contributed by atoms with Crippen molar-refractivity contribution in [3.05, 3.63) is 0 Å².